The van der Waals surface area contributed by atoms with Crippen molar-refractivity contribution in [2.75, 3.05) is 0 Å². The van der Waals surface area contributed by atoms with Crippen molar-refractivity contribution >= 4 is 11.5 Å². The SMILES string of the molecule is C=C(C(=O)OC=CCc1ccccc1)c1ccccc1. The zero-order chi connectivity index (χ0) is 14.2. The lowest BCUT2D eigenvalue weighted by Crippen LogP contribution is -2.01. The summed E-state index contributed by atoms with van der Waals surface area (Å²) in [5.41, 5.74) is 2.30. The number of hydrogen-bond donors (Lipinski definition) is 0. The molecule has 2 heteroatoms. The molecule has 20 heavy (non-hydrogen) atoms. The van der Waals surface area contributed by atoms with E-state index >= 15 is 0 Å². The van der Waals surface area contributed by atoms with Crippen molar-refractivity contribution < 1.29 is 9.53 Å². The van der Waals surface area contributed by atoms with Crippen LogP contribution in [0.1, 0.15) is 11.1 Å². The molecule has 2 rings (SSSR count). The molecule has 0 saturated carbocycles. The summed E-state index contributed by atoms with van der Waals surface area (Å²) in [6.45, 7) is 3.75. The Morgan fingerprint density at radius 3 is 2.25 bits per heavy atom. The van der Waals surface area contributed by atoms with Gasteiger partial charge in [-0.1, -0.05) is 67.2 Å². The number of rotatable bonds is 5. The standard InChI is InChI=1S/C18H16O2/c1-15(17-12-6-3-7-13-17)18(19)20-14-8-11-16-9-4-2-5-10-16/h2-10,12-14H,1,11H2. The molecule has 0 fully saturated rings. The molecule has 0 radical (unpaired) electrons. The molecule has 0 aromatic heterocycles. The Labute approximate surface area is 119 Å². The lowest BCUT2D eigenvalue weighted by atomic mass is 10.1. The Morgan fingerprint density at radius 1 is 1.00 bits per heavy atom. The lowest BCUT2D eigenvalue weighted by molar-refractivity contribution is -0.131. The maximum Gasteiger partial charge on any atom is 0.342 e. The monoisotopic (exact) mass is 264 g/mol. The molecular weight excluding hydrogens is 248 g/mol. The van der Waals surface area contributed by atoms with Crippen molar-refractivity contribution in [3.8, 4) is 0 Å². The molecule has 0 bridgehead atoms. The summed E-state index contributed by atoms with van der Waals surface area (Å²) >= 11 is 0. The number of hydrogen-bond acceptors (Lipinski definition) is 2. The van der Waals surface area contributed by atoms with Crippen LogP contribution in [0.4, 0.5) is 0 Å². The average Bonchev–Trinajstić information content (AvgIpc) is 2.52. The average molecular weight is 264 g/mol. The molecule has 0 spiro atoms. The Kier molecular flexibility index (Phi) is 4.90. The summed E-state index contributed by atoms with van der Waals surface area (Å²) in [4.78, 5) is 11.8. The van der Waals surface area contributed by atoms with Crippen molar-refractivity contribution in [1.29, 1.82) is 0 Å². The smallest absolute Gasteiger partial charge is 0.342 e. The van der Waals surface area contributed by atoms with Crippen molar-refractivity contribution in [2.45, 2.75) is 6.42 Å². The molecule has 0 saturated heterocycles. The van der Waals surface area contributed by atoms with Crippen molar-refractivity contribution in [3.05, 3.63) is 90.7 Å². The number of carbonyl (C=O) groups excluding carboxylic acids is 1. The number of ether oxygens (including phenoxy) is 1. The van der Waals surface area contributed by atoms with Crippen LogP contribution in [0.3, 0.4) is 0 Å². The van der Waals surface area contributed by atoms with E-state index in [0.717, 1.165) is 12.0 Å². The quantitative estimate of drug-likeness (QED) is 0.463. The fourth-order valence-electron chi connectivity index (χ4n) is 1.74. The van der Waals surface area contributed by atoms with Gasteiger partial charge in [0.2, 0.25) is 0 Å². The van der Waals surface area contributed by atoms with Crippen LogP contribution in [0.15, 0.2) is 79.6 Å². The molecule has 0 heterocycles. The first-order valence-electron chi connectivity index (χ1n) is 6.41. The van der Waals surface area contributed by atoms with E-state index in [1.165, 1.54) is 11.8 Å². The molecule has 2 aromatic carbocycles. The third-order valence-corrected chi connectivity index (χ3v) is 2.84. The van der Waals surface area contributed by atoms with Gasteiger partial charge in [0.1, 0.15) is 0 Å². The third-order valence-electron chi connectivity index (χ3n) is 2.84. The van der Waals surface area contributed by atoms with Crippen LogP contribution >= 0.6 is 0 Å². The van der Waals surface area contributed by atoms with Gasteiger partial charge in [-0.15, -0.1) is 0 Å². The van der Waals surface area contributed by atoms with Crippen molar-refractivity contribution in [2.24, 2.45) is 0 Å². The highest BCUT2D eigenvalue weighted by Gasteiger charge is 2.08. The minimum absolute atomic E-state index is 0.356. The largest absolute Gasteiger partial charge is 0.431 e. The molecule has 0 amide bonds. The van der Waals surface area contributed by atoms with Gasteiger partial charge in [-0.3, -0.25) is 0 Å². The second-order valence-corrected chi connectivity index (χ2v) is 4.31. The number of esters is 1. The van der Waals surface area contributed by atoms with E-state index in [1.807, 2.05) is 66.7 Å². The third kappa shape index (κ3) is 3.95. The maximum absolute atomic E-state index is 11.8. The first kappa shape index (κ1) is 13.8. The molecule has 0 aliphatic heterocycles. The van der Waals surface area contributed by atoms with Gasteiger partial charge in [-0.25, -0.2) is 4.79 Å². The molecule has 0 N–H and O–H groups in total. The van der Waals surface area contributed by atoms with Crippen molar-refractivity contribution in [3.63, 3.8) is 0 Å². The van der Waals surface area contributed by atoms with Gasteiger partial charge in [-0.2, -0.15) is 0 Å². The zero-order valence-corrected chi connectivity index (χ0v) is 11.2. The van der Waals surface area contributed by atoms with Gasteiger partial charge in [0.15, 0.2) is 0 Å². The molecular formula is C18H16O2. The Bertz CT molecular complexity index is 598. The molecule has 0 aliphatic carbocycles. The molecule has 0 atom stereocenters. The predicted octanol–water partition coefficient (Wildman–Crippen LogP) is 4.00. The van der Waals surface area contributed by atoms with E-state index in [-0.39, 0.29) is 0 Å². The molecule has 0 unspecified atom stereocenters. The minimum atomic E-state index is -0.430. The lowest BCUT2D eigenvalue weighted by Gasteiger charge is -2.03. The van der Waals surface area contributed by atoms with Gasteiger partial charge >= 0.3 is 5.97 Å². The van der Waals surface area contributed by atoms with E-state index in [9.17, 15) is 4.79 Å². The molecule has 2 nitrogen and oxygen atoms in total. The van der Waals surface area contributed by atoms with Crippen LogP contribution in [0.2, 0.25) is 0 Å². The Hall–Kier alpha value is -2.61. The highest BCUT2D eigenvalue weighted by molar-refractivity contribution is 6.15. The van der Waals surface area contributed by atoms with E-state index in [0.29, 0.717) is 5.57 Å². The van der Waals surface area contributed by atoms with Gasteiger partial charge in [-0.05, 0) is 23.6 Å². The van der Waals surface area contributed by atoms with Crippen LogP contribution in [0.5, 0.6) is 0 Å². The van der Waals surface area contributed by atoms with E-state index in [2.05, 4.69) is 6.58 Å². The summed E-state index contributed by atoms with van der Waals surface area (Å²) in [5, 5.41) is 0. The summed E-state index contributed by atoms with van der Waals surface area (Å²) < 4.78 is 5.06. The second-order valence-electron chi connectivity index (χ2n) is 4.31. The van der Waals surface area contributed by atoms with E-state index in [4.69, 9.17) is 4.74 Å². The van der Waals surface area contributed by atoms with Crippen LogP contribution in [0, 0.1) is 0 Å². The fraction of sp³-hybridized carbons (Fsp3) is 0.0556. The van der Waals surface area contributed by atoms with E-state index < -0.39 is 5.97 Å². The highest BCUT2D eigenvalue weighted by atomic mass is 16.5. The highest BCUT2D eigenvalue weighted by Crippen LogP contribution is 2.13. The zero-order valence-electron chi connectivity index (χ0n) is 11.2. The Morgan fingerprint density at radius 2 is 1.60 bits per heavy atom. The summed E-state index contributed by atoms with van der Waals surface area (Å²) in [6, 6.07) is 19.2. The minimum Gasteiger partial charge on any atom is -0.431 e. The number of benzene rings is 2. The van der Waals surface area contributed by atoms with Gasteiger partial charge in [0.05, 0.1) is 11.8 Å². The molecule has 100 valence electrons. The topological polar surface area (TPSA) is 26.3 Å². The van der Waals surface area contributed by atoms with Crippen LogP contribution in [-0.2, 0) is 16.0 Å². The predicted molar refractivity (Wildman–Crippen MR) is 80.9 cm³/mol. The van der Waals surface area contributed by atoms with Crippen molar-refractivity contribution in [1.82, 2.24) is 0 Å². The van der Waals surface area contributed by atoms with Gasteiger partial charge in [0.25, 0.3) is 0 Å². The number of allylic oxidation sites excluding steroid dienone is 1. The van der Waals surface area contributed by atoms with E-state index in [1.54, 1.807) is 0 Å². The normalized spacial score (nSPS) is 10.4. The van der Waals surface area contributed by atoms with Gasteiger partial charge < -0.3 is 4.74 Å². The molecule has 0 aliphatic rings. The fourth-order valence-corrected chi connectivity index (χ4v) is 1.74. The van der Waals surface area contributed by atoms with Crippen LogP contribution in [-0.4, -0.2) is 5.97 Å². The summed E-state index contributed by atoms with van der Waals surface area (Å²) in [7, 11) is 0. The number of carbonyl (C=O) groups is 1. The summed E-state index contributed by atoms with van der Waals surface area (Å²) in [6.07, 6.45) is 3.96. The van der Waals surface area contributed by atoms with Crippen LogP contribution in [0.25, 0.3) is 5.57 Å². The molecule has 2 aromatic rings. The second kappa shape index (κ2) is 7.10. The first-order chi connectivity index (χ1) is 9.77. The first-order valence-corrected chi connectivity index (χ1v) is 6.41. The summed E-state index contributed by atoms with van der Waals surface area (Å²) in [5.74, 6) is -0.430. The van der Waals surface area contributed by atoms with Crippen LogP contribution < -0.4 is 0 Å². The maximum atomic E-state index is 11.8. The van der Waals surface area contributed by atoms with Gasteiger partial charge in [0, 0.05) is 0 Å². The Balaban J connectivity index is 1.85.